The predicted octanol–water partition coefficient (Wildman–Crippen LogP) is 2.86. The molecule has 3 rings (SSSR count). The Morgan fingerprint density at radius 1 is 1.26 bits per heavy atom. The molecule has 118 valence electrons. The molecule has 3 aromatic rings. The van der Waals surface area contributed by atoms with Gasteiger partial charge in [0.25, 0.3) is 0 Å². The number of carbonyl (C=O) groups excluding carboxylic acids is 1. The number of hydrogen-bond acceptors (Lipinski definition) is 4. The van der Waals surface area contributed by atoms with E-state index in [9.17, 15) is 13.6 Å². The normalized spacial score (nSPS) is 10.7. The average Bonchev–Trinajstić information content (AvgIpc) is 2.90. The Balaban J connectivity index is 2.13. The zero-order chi connectivity index (χ0) is 16.4. The highest BCUT2D eigenvalue weighted by atomic mass is 19.1. The Kier molecular flexibility index (Phi) is 3.92. The zero-order valence-corrected chi connectivity index (χ0v) is 12.2. The van der Waals surface area contributed by atoms with Crippen LogP contribution in [0.2, 0.25) is 0 Å². The summed E-state index contributed by atoms with van der Waals surface area (Å²) < 4.78 is 33.1. The minimum atomic E-state index is -0.485. The van der Waals surface area contributed by atoms with Crippen molar-refractivity contribution in [1.29, 1.82) is 0 Å². The zero-order valence-electron chi connectivity index (χ0n) is 12.2. The van der Waals surface area contributed by atoms with Gasteiger partial charge in [-0.25, -0.2) is 13.8 Å². The summed E-state index contributed by atoms with van der Waals surface area (Å²) >= 11 is 0. The molecule has 0 aliphatic heterocycles. The van der Waals surface area contributed by atoms with E-state index in [-0.39, 0.29) is 6.54 Å². The largest absolute Gasteiger partial charge is 0.468 e. The number of methoxy groups -OCH3 is 1. The lowest BCUT2D eigenvalue weighted by Gasteiger charge is -2.08. The number of nitrogens with one attached hydrogen (secondary N) is 1. The summed E-state index contributed by atoms with van der Waals surface area (Å²) in [6.07, 6.45) is 1.24. The Labute approximate surface area is 130 Å². The second-order valence-electron chi connectivity index (χ2n) is 4.82. The molecule has 2 aromatic heterocycles. The number of hydrogen-bond donors (Lipinski definition) is 1. The first kappa shape index (κ1) is 15.0. The number of rotatable bonds is 4. The number of anilines is 1. The van der Waals surface area contributed by atoms with Gasteiger partial charge in [-0.2, -0.15) is 0 Å². The van der Waals surface area contributed by atoms with Gasteiger partial charge in [-0.15, -0.1) is 0 Å². The first-order valence-electron chi connectivity index (χ1n) is 6.82. The average molecular weight is 317 g/mol. The van der Waals surface area contributed by atoms with Gasteiger partial charge in [0, 0.05) is 11.8 Å². The Hall–Kier alpha value is -2.96. The first-order valence-corrected chi connectivity index (χ1v) is 6.82. The van der Waals surface area contributed by atoms with Gasteiger partial charge in [-0.05, 0) is 24.3 Å². The molecule has 0 aliphatic carbocycles. The van der Waals surface area contributed by atoms with Crippen LogP contribution in [0.4, 0.5) is 14.6 Å². The molecular weight excluding hydrogens is 304 g/mol. The van der Waals surface area contributed by atoms with Crippen molar-refractivity contribution in [2.75, 3.05) is 19.0 Å². The van der Waals surface area contributed by atoms with E-state index < -0.39 is 17.6 Å². The number of nitrogens with zero attached hydrogens (tertiary/aromatic N) is 2. The molecule has 0 unspecified atom stereocenters. The van der Waals surface area contributed by atoms with E-state index in [2.05, 4.69) is 15.0 Å². The minimum absolute atomic E-state index is 0.122. The molecule has 0 amide bonds. The first-order chi connectivity index (χ1) is 11.1. The van der Waals surface area contributed by atoms with Crippen LogP contribution < -0.4 is 5.32 Å². The van der Waals surface area contributed by atoms with Gasteiger partial charge in [0.05, 0.1) is 7.11 Å². The summed E-state index contributed by atoms with van der Waals surface area (Å²) in [6, 6.07) is 8.66. The van der Waals surface area contributed by atoms with Crippen molar-refractivity contribution in [3.8, 4) is 11.3 Å². The predicted molar refractivity (Wildman–Crippen MR) is 81.0 cm³/mol. The third kappa shape index (κ3) is 2.98. The fourth-order valence-electron chi connectivity index (χ4n) is 2.25. The van der Waals surface area contributed by atoms with Crippen molar-refractivity contribution in [3.05, 3.63) is 54.2 Å². The number of pyridine rings is 1. The molecule has 0 saturated carbocycles. The van der Waals surface area contributed by atoms with E-state index in [1.54, 1.807) is 12.1 Å². The number of halogens is 2. The third-order valence-corrected chi connectivity index (χ3v) is 3.31. The van der Waals surface area contributed by atoms with E-state index in [1.807, 2.05) is 0 Å². The fourth-order valence-corrected chi connectivity index (χ4v) is 2.25. The summed E-state index contributed by atoms with van der Waals surface area (Å²) in [5, 5.41) is 2.87. The molecule has 0 aliphatic rings. The van der Waals surface area contributed by atoms with Crippen LogP contribution >= 0.6 is 0 Å². The maximum atomic E-state index is 13.5. The summed E-state index contributed by atoms with van der Waals surface area (Å²) in [6.45, 7) is -0.122. The van der Waals surface area contributed by atoms with Crippen molar-refractivity contribution in [3.63, 3.8) is 0 Å². The third-order valence-electron chi connectivity index (χ3n) is 3.31. The summed E-state index contributed by atoms with van der Waals surface area (Å²) in [5.74, 6) is -0.969. The maximum Gasteiger partial charge on any atom is 0.325 e. The number of imidazole rings is 1. The molecule has 0 saturated heterocycles. The molecule has 0 fully saturated rings. The van der Waals surface area contributed by atoms with Crippen LogP contribution in [0.15, 0.2) is 42.6 Å². The SMILES string of the molecule is COC(=O)CNc1c(-c2cccc(F)c2)nc2ccc(F)cn12. The maximum absolute atomic E-state index is 13.5. The van der Waals surface area contributed by atoms with Gasteiger partial charge in [0.1, 0.15) is 35.3 Å². The Morgan fingerprint density at radius 2 is 2.09 bits per heavy atom. The van der Waals surface area contributed by atoms with Crippen molar-refractivity contribution < 1.29 is 18.3 Å². The lowest BCUT2D eigenvalue weighted by molar-refractivity contribution is -0.138. The molecule has 0 bridgehead atoms. The molecule has 2 heterocycles. The molecule has 0 spiro atoms. The lowest BCUT2D eigenvalue weighted by atomic mass is 10.1. The van der Waals surface area contributed by atoms with Crippen molar-refractivity contribution >= 4 is 17.4 Å². The Morgan fingerprint density at radius 3 is 2.83 bits per heavy atom. The second kappa shape index (κ2) is 6.04. The van der Waals surface area contributed by atoms with E-state index in [1.165, 1.54) is 42.0 Å². The quantitative estimate of drug-likeness (QED) is 0.752. The fraction of sp³-hybridized carbons (Fsp3) is 0.125. The van der Waals surface area contributed by atoms with E-state index in [0.717, 1.165) is 0 Å². The topological polar surface area (TPSA) is 55.6 Å². The van der Waals surface area contributed by atoms with Gasteiger partial charge in [0.2, 0.25) is 0 Å². The number of aromatic nitrogens is 2. The van der Waals surface area contributed by atoms with Crippen LogP contribution in [0, 0.1) is 11.6 Å². The lowest BCUT2D eigenvalue weighted by Crippen LogP contribution is -2.16. The van der Waals surface area contributed by atoms with E-state index >= 15 is 0 Å². The number of carbonyl (C=O) groups is 1. The van der Waals surface area contributed by atoms with Gasteiger partial charge >= 0.3 is 5.97 Å². The molecule has 1 N–H and O–H groups in total. The van der Waals surface area contributed by atoms with Crippen molar-refractivity contribution in [1.82, 2.24) is 9.38 Å². The second-order valence-corrected chi connectivity index (χ2v) is 4.82. The number of fused-ring (bicyclic) bond motifs is 1. The highest BCUT2D eigenvalue weighted by Crippen LogP contribution is 2.29. The number of ether oxygens (including phenoxy) is 1. The summed E-state index contributed by atoms with van der Waals surface area (Å²) in [5.41, 5.74) is 1.40. The van der Waals surface area contributed by atoms with Crippen LogP contribution in [0.3, 0.4) is 0 Å². The molecule has 0 radical (unpaired) electrons. The summed E-state index contributed by atoms with van der Waals surface area (Å²) in [7, 11) is 1.27. The van der Waals surface area contributed by atoms with Gasteiger partial charge in [0.15, 0.2) is 0 Å². The molecule has 23 heavy (non-hydrogen) atoms. The van der Waals surface area contributed by atoms with Gasteiger partial charge < -0.3 is 10.1 Å². The van der Waals surface area contributed by atoms with Crippen LogP contribution in [0.5, 0.6) is 0 Å². The summed E-state index contributed by atoms with van der Waals surface area (Å²) in [4.78, 5) is 15.7. The molecular formula is C16H13F2N3O2. The molecule has 7 heteroatoms. The minimum Gasteiger partial charge on any atom is -0.468 e. The number of esters is 1. The van der Waals surface area contributed by atoms with Crippen molar-refractivity contribution in [2.24, 2.45) is 0 Å². The van der Waals surface area contributed by atoms with Crippen LogP contribution in [0.25, 0.3) is 16.9 Å². The number of benzene rings is 1. The highest BCUT2D eigenvalue weighted by molar-refractivity contribution is 5.80. The Bertz CT molecular complexity index is 877. The molecule has 5 nitrogen and oxygen atoms in total. The highest BCUT2D eigenvalue weighted by Gasteiger charge is 2.16. The van der Waals surface area contributed by atoms with Crippen LogP contribution in [-0.2, 0) is 9.53 Å². The van der Waals surface area contributed by atoms with E-state index in [4.69, 9.17) is 0 Å². The van der Waals surface area contributed by atoms with Crippen LogP contribution in [-0.4, -0.2) is 29.0 Å². The standard InChI is InChI=1S/C16H13F2N3O2/c1-23-14(22)8-19-16-15(10-3-2-4-11(17)7-10)20-13-6-5-12(18)9-21(13)16/h2-7,9,19H,8H2,1H3. The smallest absolute Gasteiger partial charge is 0.325 e. The van der Waals surface area contributed by atoms with Crippen molar-refractivity contribution in [2.45, 2.75) is 0 Å². The van der Waals surface area contributed by atoms with Gasteiger partial charge in [-0.1, -0.05) is 12.1 Å². The molecule has 1 aromatic carbocycles. The van der Waals surface area contributed by atoms with E-state index in [0.29, 0.717) is 22.7 Å². The van der Waals surface area contributed by atoms with Gasteiger partial charge in [-0.3, -0.25) is 9.20 Å². The monoisotopic (exact) mass is 317 g/mol. The molecule has 0 atom stereocenters. The van der Waals surface area contributed by atoms with Crippen LogP contribution in [0.1, 0.15) is 0 Å².